The lowest BCUT2D eigenvalue weighted by Crippen LogP contribution is -2.35. The van der Waals surface area contributed by atoms with Gasteiger partial charge in [0, 0.05) is 24.9 Å². The molecule has 1 aromatic heterocycles. The van der Waals surface area contributed by atoms with Crippen LogP contribution in [0.5, 0.6) is 11.5 Å². The van der Waals surface area contributed by atoms with Crippen LogP contribution in [0.15, 0.2) is 73.1 Å². The van der Waals surface area contributed by atoms with Crippen molar-refractivity contribution in [2.75, 3.05) is 27.9 Å². The zero-order valence-electron chi connectivity index (χ0n) is 19.7. The average molecular weight is 463 g/mol. The lowest BCUT2D eigenvalue weighted by Gasteiger charge is -2.26. The van der Waals surface area contributed by atoms with Gasteiger partial charge >= 0.3 is 5.97 Å². The number of hydrogen-bond donors (Lipinski definition) is 1. The van der Waals surface area contributed by atoms with Gasteiger partial charge in [-0.05, 0) is 41.3 Å². The van der Waals surface area contributed by atoms with Gasteiger partial charge in [0.1, 0.15) is 0 Å². The third-order valence-electron chi connectivity index (χ3n) is 5.73. The van der Waals surface area contributed by atoms with E-state index in [1.165, 1.54) is 7.11 Å². The van der Waals surface area contributed by atoms with Gasteiger partial charge in [0.25, 0.3) is 0 Å². The van der Waals surface area contributed by atoms with Crippen molar-refractivity contribution >= 4 is 11.9 Å². The number of aromatic nitrogens is 1. The lowest BCUT2D eigenvalue weighted by molar-refractivity contribution is -0.141. The number of benzene rings is 2. The van der Waals surface area contributed by atoms with E-state index in [2.05, 4.69) is 10.3 Å². The molecule has 1 amide bonds. The van der Waals surface area contributed by atoms with E-state index in [1.54, 1.807) is 32.7 Å². The Morgan fingerprint density at radius 2 is 1.65 bits per heavy atom. The Morgan fingerprint density at radius 1 is 0.912 bits per heavy atom. The maximum absolute atomic E-state index is 13.5. The van der Waals surface area contributed by atoms with Crippen molar-refractivity contribution < 1.29 is 23.8 Å². The summed E-state index contributed by atoms with van der Waals surface area (Å²) in [6.45, 7) is 0.421. The number of nitrogens with zero attached hydrogens (tertiary/aromatic N) is 1. The molecule has 0 aliphatic heterocycles. The molecule has 2 aromatic carbocycles. The molecule has 2 atom stereocenters. The zero-order valence-corrected chi connectivity index (χ0v) is 19.7. The predicted octanol–water partition coefficient (Wildman–Crippen LogP) is 3.89. The van der Waals surface area contributed by atoms with Crippen LogP contribution in [0.25, 0.3) is 0 Å². The van der Waals surface area contributed by atoms with Gasteiger partial charge in [0.05, 0.1) is 33.7 Å². The minimum absolute atomic E-state index is 0.0726. The van der Waals surface area contributed by atoms with Crippen LogP contribution < -0.4 is 14.8 Å². The highest BCUT2D eigenvalue weighted by molar-refractivity contribution is 5.86. The number of esters is 1. The highest BCUT2D eigenvalue weighted by Crippen LogP contribution is 2.36. The maximum Gasteiger partial charge on any atom is 0.306 e. The summed E-state index contributed by atoms with van der Waals surface area (Å²) in [5.41, 5.74) is 2.63. The van der Waals surface area contributed by atoms with Gasteiger partial charge in [-0.2, -0.15) is 0 Å². The number of nitrogens with one attached hydrogen (secondary N) is 1. The van der Waals surface area contributed by atoms with E-state index in [1.807, 2.05) is 54.6 Å². The van der Waals surface area contributed by atoms with Crippen LogP contribution in [0, 0.1) is 0 Å². The van der Waals surface area contributed by atoms with E-state index in [0.717, 1.165) is 16.7 Å². The second-order valence-corrected chi connectivity index (χ2v) is 7.79. The smallest absolute Gasteiger partial charge is 0.306 e. The number of carbonyl (C=O) groups is 2. The highest BCUT2D eigenvalue weighted by Gasteiger charge is 2.33. The molecule has 178 valence electrons. The number of pyridine rings is 1. The van der Waals surface area contributed by atoms with E-state index in [-0.39, 0.29) is 18.3 Å². The maximum atomic E-state index is 13.5. The van der Waals surface area contributed by atoms with Crippen molar-refractivity contribution in [2.24, 2.45) is 0 Å². The summed E-state index contributed by atoms with van der Waals surface area (Å²) in [6.07, 6.45) is 4.02. The summed E-state index contributed by atoms with van der Waals surface area (Å²) in [5, 5.41) is 3.05. The van der Waals surface area contributed by atoms with Crippen LogP contribution in [0.4, 0.5) is 0 Å². The molecule has 0 aliphatic carbocycles. The monoisotopic (exact) mass is 462 g/mol. The zero-order chi connectivity index (χ0) is 24.3. The Kier molecular flexibility index (Phi) is 9.03. The van der Waals surface area contributed by atoms with Crippen molar-refractivity contribution in [2.45, 2.75) is 24.7 Å². The third kappa shape index (κ3) is 6.34. The minimum atomic E-state index is -0.611. The number of carbonyl (C=O) groups excluding carboxylic acids is 2. The topological polar surface area (TPSA) is 86.8 Å². The molecule has 7 nitrogen and oxygen atoms in total. The number of ether oxygens (including phenoxy) is 3. The lowest BCUT2D eigenvalue weighted by atomic mass is 9.79. The Balaban J connectivity index is 1.82. The Bertz CT molecular complexity index is 1070. The Morgan fingerprint density at radius 3 is 2.29 bits per heavy atom. The first kappa shape index (κ1) is 24.8. The second kappa shape index (κ2) is 12.4. The number of hydrogen-bond acceptors (Lipinski definition) is 6. The molecule has 0 bridgehead atoms. The SMILES string of the molecule is COC(=O)CC(c1ccccc1)C(C(=O)NCCc1ccc(OC)c(OC)c1)c1cccnc1. The quantitative estimate of drug-likeness (QED) is 0.435. The summed E-state index contributed by atoms with van der Waals surface area (Å²) >= 11 is 0. The molecule has 0 spiro atoms. The first-order valence-electron chi connectivity index (χ1n) is 11.1. The van der Waals surface area contributed by atoms with Crippen LogP contribution in [0.3, 0.4) is 0 Å². The number of methoxy groups -OCH3 is 3. The van der Waals surface area contributed by atoms with Gasteiger partial charge in [0.15, 0.2) is 11.5 Å². The molecule has 3 rings (SSSR count). The second-order valence-electron chi connectivity index (χ2n) is 7.79. The van der Waals surface area contributed by atoms with Gasteiger partial charge < -0.3 is 19.5 Å². The van der Waals surface area contributed by atoms with E-state index in [4.69, 9.17) is 14.2 Å². The van der Waals surface area contributed by atoms with E-state index >= 15 is 0 Å². The van der Waals surface area contributed by atoms with Crippen LogP contribution in [0.2, 0.25) is 0 Å². The Hall–Kier alpha value is -3.87. The fraction of sp³-hybridized carbons (Fsp3) is 0.296. The van der Waals surface area contributed by atoms with Gasteiger partial charge in [-0.3, -0.25) is 14.6 Å². The van der Waals surface area contributed by atoms with Crippen LogP contribution in [-0.2, 0) is 20.7 Å². The van der Waals surface area contributed by atoms with E-state index < -0.39 is 11.8 Å². The Labute approximate surface area is 200 Å². The first-order chi connectivity index (χ1) is 16.6. The van der Waals surface area contributed by atoms with Crippen LogP contribution in [0.1, 0.15) is 34.9 Å². The van der Waals surface area contributed by atoms with Gasteiger partial charge in [-0.25, -0.2) is 0 Å². The van der Waals surface area contributed by atoms with Gasteiger partial charge in [-0.15, -0.1) is 0 Å². The van der Waals surface area contributed by atoms with Crippen molar-refractivity contribution in [1.29, 1.82) is 0 Å². The van der Waals surface area contributed by atoms with Gasteiger partial charge in [-0.1, -0.05) is 42.5 Å². The highest BCUT2D eigenvalue weighted by atomic mass is 16.5. The number of amides is 1. The molecule has 2 unspecified atom stereocenters. The first-order valence-corrected chi connectivity index (χ1v) is 11.1. The molecule has 7 heteroatoms. The standard InChI is InChI=1S/C27H30N2O5/c1-32-23-12-11-19(16-24(23)33-2)13-15-29-27(31)26(21-10-7-14-28-18-21)22(17-25(30)34-3)20-8-5-4-6-9-20/h4-12,14,16,18,22,26H,13,15,17H2,1-3H3,(H,29,31). The average Bonchev–Trinajstić information content (AvgIpc) is 2.89. The molecule has 0 fully saturated rings. The molecule has 0 radical (unpaired) electrons. The third-order valence-corrected chi connectivity index (χ3v) is 5.73. The molecule has 0 aliphatic rings. The van der Waals surface area contributed by atoms with E-state index in [9.17, 15) is 9.59 Å². The van der Waals surface area contributed by atoms with Gasteiger partial charge in [0.2, 0.25) is 5.91 Å². The number of rotatable bonds is 11. The molecule has 1 heterocycles. The molecule has 34 heavy (non-hydrogen) atoms. The summed E-state index contributed by atoms with van der Waals surface area (Å²) in [6, 6.07) is 18.9. The summed E-state index contributed by atoms with van der Waals surface area (Å²) in [5.74, 6) is -0.270. The van der Waals surface area contributed by atoms with Crippen molar-refractivity contribution in [3.8, 4) is 11.5 Å². The summed E-state index contributed by atoms with van der Waals surface area (Å²) in [4.78, 5) is 30.0. The molecule has 3 aromatic rings. The van der Waals surface area contributed by atoms with Crippen LogP contribution >= 0.6 is 0 Å². The largest absolute Gasteiger partial charge is 0.493 e. The molecular weight excluding hydrogens is 432 g/mol. The van der Waals surface area contributed by atoms with Crippen LogP contribution in [-0.4, -0.2) is 44.7 Å². The summed E-state index contributed by atoms with van der Waals surface area (Å²) < 4.78 is 15.6. The molecular formula is C27H30N2O5. The fourth-order valence-corrected chi connectivity index (χ4v) is 3.99. The molecule has 0 saturated heterocycles. The molecule has 1 N–H and O–H groups in total. The summed E-state index contributed by atoms with van der Waals surface area (Å²) in [7, 11) is 4.54. The molecule has 0 saturated carbocycles. The normalized spacial score (nSPS) is 12.3. The fourth-order valence-electron chi connectivity index (χ4n) is 3.99. The predicted molar refractivity (Wildman–Crippen MR) is 129 cm³/mol. The van der Waals surface area contributed by atoms with Crippen molar-refractivity contribution in [1.82, 2.24) is 10.3 Å². The van der Waals surface area contributed by atoms with Crippen molar-refractivity contribution in [3.05, 3.63) is 89.7 Å². The minimum Gasteiger partial charge on any atom is -0.493 e. The van der Waals surface area contributed by atoms with E-state index in [0.29, 0.717) is 24.5 Å². The van der Waals surface area contributed by atoms with Crippen molar-refractivity contribution in [3.63, 3.8) is 0 Å².